The Labute approximate surface area is 149 Å². The van der Waals surface area contributed by atoms with Crippen LogP contribution in [0.2, 0.25) is 0 Å². The molecule has 1 aliphatic rings. The van der Waals surface area contributed by atoms with Crippen LogP contribution in [0.15, 0.2) is 26.7 Å². The highest BCUT2D eigenvalue weighted by Crippen LogP contribution is 2.20. The van der Waals surface area contributed by atoms with Gasteiger partial charge in [-0.25, -0.2) is 4.79 Å². The van der Waals surface area contributed by atoms with E-state index in [2.05, 4.69) is 10.2 Å². The number of rotatable bonds is 8. The molecule has 1 N–H and O–H groups in total. The lowest BCUT2D eigenvalue weighted by Crippen LogP contribution is -2.32. The summed E-state index contributed by atoms with van der Waals surface area (Å²) in [4.78, 5) is 26.3. The number of aliphatic hydroxyl groups is 1. The Hall–Kier alpha value is -2.10. The summed E-state index contributed by atoms with van der Waals surface area (Å²) in [6.45, 7) is 2.66. The molecule has 1 saturated heterocycles. The molecular formula is C17H23N3O6. The van der Waals surface area contributed by atoms with E-state index in [9.17, 15) is 14.8 Å². The number of ether oxygens (including phenoxy) is 2. The van der Waals surface area contributed by atoms with Crippen LogP contribution in [0.4, 0.5) is 0 Å². The number of nitroso groups, excluding NO2 is 1. The Morgan fingerprint density at radius 3 is 3.08 bits per heavy atom. The molecule has 1 aliphatic heterocycles. The number of hydrogen-bond acceptors (Lipinski definition) is 8. The first-order valence-corrected chi connectivity index (χ1v) is 8.77. The first kappa shape index (κ1) is 18.7. The van der Waals surface area contributed by atoms with Gasteiger partial charge in [0.2, 0.25) is 5.71 Å². The van der Waals surface area contributed by atoms with E-state index < -0.39 is 11.8 Å². The summed E-state index contributed by atoms with van der Waals surface area (Å²) in [5, 5.41) is 13.5. The topological polar surface area (TPSA) is 116 Å². The van der Waals surface area contributed by atoms with Gasteiger partial charge in [-0.2, -0.15) is 9.89 Å². The third kappa shape index (κ3) is 4.54. The van der Waals surface area contributed by atoms with Crippen molar-refractivity contribution in [2.24, 2.45) is 11.1 Å². The minimum Gasteiger partial charge on any atom is -0.440 e. The SMILES string of the molecule is CC(CN=O)C(O)Cn1cc2cc(COC3CCCCO3)oc2nc1=O. The highest BCUT2D eigenvalue weighted by molar-refractivity contribution is 5.72. The summed E-state index contributed by atoms with van der Waals surface area (Å²) >= 11 is 0. The van der Waals surface area contributed by atoms with Crippen LogP contribution in [0.5, 0.6) is 0 Å². The molecule has 3 rings (SSSR count). The van der Waals surface area contributed by atoms with Crippen molar-refractivity contribution in [2.75, 3.05) is 13.2 Å². The molecule has 3 heterocycles. The van der Waals surface area contributed by atoms with Crippen molar-refractivity contribution in [1.82, 2.24) is 9.55 Å². The van der Waals surface area contributed by atoms with Gasteiger partial charge in [0, 0.05) is 18.7 Å². The lowest BCUT2D eigenvalue weighted by atomic mass is 10.1. The minimum absolute atomic E-state index is 0.0119. The quantitative estimate of drug-likeness (QED) is 0.709. The molecule has 0 spiro atoms. The van der Waals surface area contributed by atoms with Crippen LogP contribution < -0.4 is 5.69 Å². The van der Waals surface area contributed by atoms with Gasteiger partial charge in [-0.1, -0.05) is 12.1 Å². The normalized spacial score (nSPS) is 20.2. The van der Waals surface area contributed by atoms with Gasteiger partial charge >= 0.3 is 5.69 Å². The minimum atomic E-state index is -0.872. The fourth-order valence-corrected chi connectivity index (χ4v) is 2.84. The molecule has 3 unspecified atom stereocenters. The van der Waals surface area contributed by atoms with Gasteiger partial charge in [0.1, 0.15) is 12.4 Å². The summed E-state index contributed by atoms with van der Waals surface area (Å²) in [7, 11) is 0. The average molecular weight is 365 g/mol. The number of aliphatic hydroxyl groups excluding tert-OH is 1. The highest BCUT2D eigenvalue weighted by atomic mass is 16.7. The van der Waals surface area contributed by atoms with Crippen molar-refractivity contribution in [1.29, 1.82) is 0 Å². The second-order valence-corrected chi connectivity index (χ2v) is 6.61. The Balaban J connectivity index is 1.69. The Bertz CT molecular complexity index is 795. The van der Waals surface area contributed by atoms with Gasteiger partial charge < -0.3 is 19.0 Å². The first-order valence-electron chi connectivity index (χ1n) is 8.77. The van der Waals surface area contributed by atoms with Gasteiger partial charge in [0.05, 0.1) is 24.6 Å². The van der Waals surface area contributed by atoms with Crippen LogP contribution in [-0.4, -0.2) is 40.2 Å². The molecule has 2 aromatic rings. The van der Waals surface area contributed by atoms with E-state index in [0.717, 1.165) is 19.3 Å². The highest BCUT2D eigenvalue weighted by Gasteiger charge is 2.18. The largest absolute Gasteiger partial charge is 0.440 e. The Kier molecular flexibility index (Phi) is 6.12. The zero-order valence-corrected chi connectivity index (χ0v) is 14.7. The molecule has 9 heteroatoms. The number of furan rings is 1. The molecule has 0 radical (unpaired) electrons. The first-order chi connectivity index (χ1) is 12.6. The second kappa shape index (κ2) is 8.52. The summed E-state index contributed by atoms with van der Waals surface area (Å²) in [5.41, 5.74) is -0.299. The van der Waals surface area contributed by atoms with Crippen LogP contribution >= 0.6 is 0 Å². The predicted molar refractivity (Wildman–Crippen MR) is 92.5 cm³/mol. The van der Waals surface area contributed by atoms with Crippen LogP contribution in [0.25, 0.3) is 11.1 Å². The fraction of sp³-hybridized carbons (Fsp3) is 0.647. The maximum absolute atomic E-state index is 12.1. The number of fused-ring (bicyclic) bond motifs is 1. The summed E-state index contributed by atoms with van der Waals surface area (Å²) in [6.07, 6.45) is 3.46. The number of aromatic nitrogens is 2. The fourth-order valence-electron chi connectivity index (χ4n) is 2.84. The van der Waals surface area contributed by atoms with Gasteiger partial charge in [-0.05, 0) is 25.3 Å². The summed E-state index contributed by atoms with van der Waals surface area (Å²) in [6, 6.07) is 1.75. The van der Waals surface area contributed by atoms with Crippen molar-refractivity contribution in [2.45, 2.75) is 51.7 Å². The van der Waals surface area contributed by atoms with Crippen molar-refractivity contribution < 1.29 is 19.0 Å². The molecule has 0 aliphatic carbocycles. The van der Waals surface area contributed by atoms with Crippen LogP contribution in [0, 0.1) is 10.8 Å². The van der Waals surface area contributed by atoms with E-state index in [4.69, 9.17) is 13.9 Å². The molecule has 1 fully saturated rings. The molecule has 0 bridgehead atoms. The van der Waals surface area contributed by atoms with Crippen molar-refractivity contribution in [3.05, 3.63) is 33.4 Å². The third-order valence-electron chi connectivity index (χ3n) is 4.48. The van der Waals surface area contributed by atoms with Crippen molar-refractivity contribution in [3.8, 4) is 0 Å². The predicted octanol–water partition coefficient (Wildman–Crippen LogP) is 1.80. The van der Waals surface area contributed by atoms with E-state index in [1.165, 1.54) is 4.57 Å². The van der Waals surface area contributed by atoms with Crippen LogP contribution in [-0.2, 0) is 22.6 Å². The molecule has 2 aromatic heterocycles. The monoisotopic (exact) mass is 365 g/mol. The summed E-state index contributed by atoms with van der Waals surface area (Å²) in [5.74, 6) is 0.205. The van der Waals surface area contributed by atoms with E-state index in [0.29, 0.717) is 17.8 Å². The molecular weight excluding hydrogens is 342 g/mol. The Morgan fingerprint density at radius 1 is 1.50 bits per heavy atom. The standard InChI is InChI=1S/C17H23N3O6/c1-11(7-18-23)14(21)9-20-8-12-6-13(26-16(12)19-17(20)22)10-25-15-4-2-3-5-24-15/h6,8,11,14-15,21H,2-5,7,9-10H2,1H3. The van der Waals surface area contributed by atoms with Crippen molar-refractivity contribution in [3.63, 3.8) is 0 Å². The smallest absolute Gasteiger partial charge is 0.350 e. The zero-order valence-electron chi connectivity index (χ0n) is 14.7. The van der Waals surface area contributed by atoms with Gasteiger partial charge in [0.15, 0.2) is 6.29 Å². The lowest BCUT2D eigenvalue weighted by Gasteiger charge is -2.22. The maximum Gasteiger partial charge on any atom is 0.350 e. The number of nitrogens with zero attached hydrogens (tertiary/aromatic N) is 3. The Morgan fingerprint density at radius 2 is 2.35 bits per heavy atom. The molecule has 0 amide bonds. The van der Waals surface area contributed by atoms with Crippen LogP contribution in [0.1, 0.15) is 31.9 Å². The van der Waals surface area contributed by atoms with E-state index in [1.807, 2.05) is 0 Å². The number of hydrogen-bond donors (Lipinski definition) is 1. The maximum atomic E-state index is 12.1. The van der Waals surface area contributed by atoms with E-state index >= 15 is 0 Å². The average Bonchev–Trinajstić information content (AvgIpc) is 3.03. The zero-order chi connectivity index (χ0) is 18.5. The third-order valence-corrected chi connectivity index (χ3v) is 4.48. The molecule has 142 valence electrons. The van der Waals surface area contributed by atoms with Crippen molar-refractivity contribution >= 4 is 11.1 Å². The summed E-state index contributed by atoms with van der Waals surface area (Å²) < 4.78 is 18.0. The van der Waals surface area contributed by atoms with Crippen LogP contribution in [0.3, 0.4) is 0 Å². The van der Waals surface area contributed by atoms with Gasteiger partial charge in [0.25, 0.3) is 0 Å². The van der Waals surface area contributed by atoms with Gasteiger partial charge in [-0.15, -0.1) is 0 Å². The lowest BCUT2D eigenvalue weighted by molar-refractivity contribution is -0.171. The van der Waals surface area contributed by atoms with E-state index in [1.54, 1.807) is 19.2 Å². The molecule has 0 saturated carbocycles. The van der Waals surface area contributed by atoms with E-state index in [-0.39, 0.29) is 37.6 Å². The molecule has 3 atom stereocenters. The molecule has 9 nitrogen and oxygen atoms in total. The second-order valence-electron chi connectivity index (χ2n) is 6.61. The molecule has 0 aromatic carbocycles. The molecule has 26 heavy (non-hydrogen) atoms. The van der Waals surface area contributed by atoms with Gasteiger partial charge in [-0.3, -0.25) is 4.57 Å².